The molecule has 5 heteroatoms. The Morgan fingerprint density at radius 1 is 1.04 bits per heavy atom. The first-order chi connectivity index (χ1) is 13.1. The molecular formula is C22H26N2O3. The predicted octanol–water partition coefficient (Wildman–Crippen LogP) is 3.86. The molecular weight excluding hydrogens is 340 g/mol. The molecule has 1 heterocycles. The molecule has 0 saturated heterocycles. The molecule has 27 heavy (non-hydrogen) atoms. The van der Waals surface area contributed by atoms with Crippen LogP contribution in [0.15, 0.2) is 48.7 Å². The van der Waals surface area contributed by atoms with Gasteiger partial charge in [-0.1, -0.05) is 36.4 Å². The molecule has 1 aliphatic carbocycles. The van der Waals surface area contributed by atoms with Gasteiger partial charge in [-0.2, -0.15) is 0 Å². The maximum absolute atomic E-state index is 12.1. The highest BCUT2D eigenvalue weighted by atomic mass is 16.5. The number of nitrogens with zero attached hydrogens (tertiary/aromatic N) is 1. The summed E-state index contributed by atoms with van der Waals surface area (Å²) in [5.41, 5.74) is 1.77. The number of amides is 1. The Kier molecular flexibility index (Phi) is 6.58. The van der Waals surface area contributed by atoms with E-state index in [1.54, 1.807) is 18.3 Å². The zero-order valence-corrected chi connectivity index (χ0v) is 15.7. The molecule has 0 bridgehead atoms. The molecule has 0 unspecified atom stereocenters. The van der Waals surface area contributed by atoms with Gasteiger partial charge in [-0.25, -0.2) is 4.98 Å². The lowest BCUT2D eigenvalue weighted by Gasteiger charge is -2.29. The molecule has 2 aromatic rings. The Bertz CT molecular complexity index is 751. The van der Waals surface area contributed by atoms with Crippen LogP contribution in [-0.4, -0.2) is 28.8 Å². The third kappa shape index (κ3) is 5.91. The van der Waals surface area contributed by atoms with E-state index in [4.69, 9.17) is 4.74 Å². The van der Waals surface area contributed by atoms with Crippen LogP contribution in [0, 0.1) is 6.92 Å². The van der Waals surface area contributed by atoms with E-state index in [9.17, 15) is 9.59 Å². The Morgan fingerprint density at radius 3 is 2.44 bits per heavy atom. The van der Waals surface area contributed by atoms with Crippen LogP contribution in [-0.2, 0) is 4.79 Å². The lowest BCUT2D eigenvalue weighted by atomic mass is 9.92. The van der Waals surface area contributed by atoms with Gasteiger partial charge in [0.1, 0.15) is 6.10 Å². The van der Waals surface area contributed by atoms with Crippen LogP contribution in [0.2, 0.25) is 0 Å². The van der Waals surface area contributed by atoms with E-state index in [0.29, 0.717) is 11.4 Å². The van der Waals surface area contributed by atoms with E-state index in [2.05, 4.69) is 10.3 Å². The Morgan fingerprint density at radius 2 is 1.78 bits per heavy atom. The number of carbonyl (C=O) groups is 2. The highest BCUT2D eigenvalue weighted by molar-refractivity contribution is 5.97. The van der Waals surface area contributed by atoms with Crippen LogP contribution < -0.4 is 10.1 Å². The third-order valence-corrected chi connectivity index (χ3v) is 4.89. The number of nitrogens with one attached hydrogen (secondary N) is 1. The molecule has 0 radical (unpaired) electrons. The second kappa shape index (κ2) is 9.31. The summed E-state index contributed by atoms with van der Waals surface area (Å²) in [5.74, 6) is 0.616. The number of ether oxygens (including phenoxy) is 1. The number of pyridine rings is 1. The number of ketones is 1. The van der Waals surface area contributed by atoms with Crippen molar-refractivity contribution >= 4 is 11.7 Å². The van der Waals surface area contributed by atoms with Crippen molar-refractivity contribution in [3.8, 4) is 5.88 Å². The summed E-state index contributed by atoms with van der Waals surface area (Å²) in [4.78, 5) is 28.5. The Balaban J connectivity index is 1.36. The summed E-state index contributed by atoms with van der Waals surface area (Å²) < 4.78 is 5.92. The van der Waals surface area contributed by atoms with Crippen molar-refractivity contribution in [2.45, 2.75) is 57.6 Å². The molecule has 0 aliphatic heterocycles. The van der Waals surface area contributed by atoms with E-state index in [1.165, 1.54) is 0 Å². The van der Waals surface area contributed by atoms with Gasteiger partial charge in [0.2, 0.25) is 11.8 Å². The lowest BCUT2D eigenvalue weighted by Crippen LogP contribution is -2.39. The van der Waals surface area contributed by atoms with Crippen LogP contribution in [0.3, 0.4) is 0 Å². The van der Waals surface area contributed by atoms with Crippen molar-refractivity contribution < 1.29 is 14.3 Å². The number of carbonyl (C=O) groups excluding carboxylic acids is 2. The van der Waals surface area contributed by atoms with Crippen molar-refractivity contribution in [2.24, 2.45) is 0 Å². The summed E-state index contributed by atoms with van der Waals surface area (Å²) in [6.45, 7) is 2.00. The summed E-state index contributed by atoms with van der Waals surface area (Å²) in [6, 6.07) is 13.2. The maximum Gasteiger partial charge on any atom is 0.220 e. The molecule has 1 aromatic heterocycles. The monoisotopic (exact) mass is 366 g/mol. The van der Waals surface area contributed by atoms with Gasteiger partial charge in [0.25, 0.3) is 0 Å². The first-order valence-corrected chi connectivity index (χ1v) is 9.57. The van der Waals surface area contributed by atoms with E-state index >= 15 is 0 Å². The number of benzene rings is 1. The average molecular weight is 366 g/mol. The summed E-state index contributed by atoms with van der Waals surface area (Å²) in [6.07, 6.45) is 5.98. The number of aromatic nitrogens is 1. The van der Waals surface area contributed by atoms with Crippen LogP contribution in [0.5, 0.6) is 5.88 Å². The fourth-order valence-electron chi connectivity index (χ4n) is 3.32. The van der Waals surface area contributed by atoms with Crippen LogP contribution >= 0.6 is 0 Å². The molecule has 3 rings (SSSR count). The molecule has 1 amide bonds. The molecule has 1 aromatic carbocycles. The van der Waals surface area contributed by atoms with Gasteiger partial charge in [0.05, 0.1) is 0 Å². The summed E-state index contributed by atoms with van der Waals surface area (Å²) in [7, 11) is 0. The first kappa shape index (κ1) is 19.1. The van der Waals surface area contributed by atoms with E-state index in [1.807, 2.05) is 37.3 Å². The summed E-state index contributed by atoms with van der Waals surface area (Å²) >= 11 is 0. The van der Waals surface area contributed by atoms with Crippen molar-refractivity contribution in [1.82, 2.24) is 10.3 Å². The zero-order valence-electron chi connectivity index (χ0n) is 15.7. The van der Waals surface area contributed by atoms with Crippen LogP contribution in [0.4, 0.5) is 0 Å². The molecule has 0 atom stereocenters. The van der Waals surface area contributed by atoms with Crippen molar-refractivity contribution in [1.29, 1.82) is 0 Å². The highest BCUT2D eigenvalue weighted by Gasteiger charge is 2.24. The smallest absolute Gasteiger partial charge is 0.220 e. The van der Waals surface area contributed by atoms with Gasteiger partial charge in [0.15, 0.2) is 5.78 Å². The minimum atomic E-state index is -0.0520. The maximum atomic E-state index is 12.1. The number of rotatable bonds is 7. The average Bonchev–Trinajstić information content (AvgIpc) is 2.70. The number of aryl methyl sites for hydroxylation is 1. The van der Waals surface area contributed by atoms with Crippen LogP contribution in [0.1, 0.15) is 54.4 Å². The Hall–Kier alpha value is -2.69. The van der Waals surface area contributed by atoms with Gasteiger partial charge in [-0.3, -0.25) is 9.59 Å². The molecule has 1 fully saturated rings. The van der Waals surface area contributed by atoms with E-state index < -0.39 is 0 Å². The van der Waals surface area contributed by atoms with Gasteiger partial charge in [-0.15, -0.1) is 0 Å². The fourth-order valence-corrected chi connectivity index (χ4v) is 3.32. The second-order valence-corrected chi connectivity index (χ2v) is 7.12. The van der Waals surface area contributed by atoms with E-state index in [0.717, 1.165) is 31.2 Å². The SMILES string of the molecule is Cc1ccc(OC2CCC(NC(=O)CCC(=O)c3ccccc3)CC2)nc1. The van der Waals surface area contributed by atoms with Gasteiger partial charge in [-0.05, 0) is 38.2 Å². The lowest BCUT2D eigenvalue weighted by molar-refractivity contribution is -0.122. The number of hydrogen-bond donors (Lipinski definition) is 1. The van der Waals surface area contributed by atoms with Gasteiger partial charge in [0, 0.05) is 36.7 Å². The zero-order chi connectivity index (χ0) is 19.1. The van der Waals surface area contributed by atoms with Gasteiger partial charge < -0.3 is 10.1 Å². The topological polar surface area (TPSA) is 68.3 Å². The molecule has 142 valence electrons. The van der Waals surface area contributed by atoms with Crippen LogP contribution in [0.25, 0.3) is 0 Å². The van der Waals surface area contributed by atoms with Crippen molar-refractivity contribution in [3.05, 3.63) is 59.8 Å². The second-order valence-electron chi connectivity index (χ2n) is 7.12. The fraction of sp³-hybridized carbons (Fsp3) is 0.409. The predicted molar refractivity (Wildman–Crippen MR) is 104 cm³/mol. The number of Topliss-reactive ketones (excluding diaryl/α,β-unsaturated/α-hetero) is 1. The van der Waals surface area contributed by atoms with Crippen molar-refractivity contribution in [3.63, 3.8) is 0 Å². The summed E-state index contributed by atoms with van der Waals surface area (Å²) in [5, 5.41) is 3.06. The van der Waals surface area contributed by atoms with Gasteiger partial charge >= 0.3 is 0 Å². The highest BCUT2D eigenvalue weighted by Crippen LogP contribution is 2.23. The normalized spacial score (nSPS) is 19.3. The molecule has 1 N–H and O–H groups in total. The minimum absolute atomic E-state index is 0.00783. The molecule has 1 saturated carbocycles. The Labute approximate surface area is 160 Å². The standard InChI is InChI=1S/C22H26N2O3/c1-16-7-14-22(23-15-16)27-19-10-8-18(9-11-19)24-21(26)13-12-20(25)17-5-3-2-4-6-17/h2-7,14-15,18-19H,8-13H2,1H3,(H,24,26). The van der Waals surface area contributed by atoms with Crippen molar-refractivity contribution in [2.75, 3.05) is 0 Å². The first-order valence-electron chi connectivity index (χ1n) is 9.57. The van der Waals surface area contributed by atoms with E-state index in [-0.39, 0.29) is 36.7 Å². The number of hydrogen-bond acceptors (Lipinski definition) is 4. The minimum Gasteiger partial charge on any atom is -0.474 e. The largest absolute Gasteiger partial charge is 0.474 e. The third-order valence-electron chi connectivity index (χ3n) is 4.89. The molecule has 0 spiro atoms. The quantitative estimate of drug-likeness (QED) is 0.756. The molecule has 1 aliphatic rings. The molecule has 5 nitrogen and oxygen atoms in total.